The predicted octanol–water partition coefficient (Wildman–Crippen LogP) is 4.43. The minimum Gasteiger partial charge on any atom is -0.306 e. The van der Waals surface area contributed by atoms with Crippen molar-refractivity contribution >= 4 is 0 Å². The van der Waals surface area contributed by atoms with E-state index in [2.05, 4.69) is 61.9 Å². The standard InChI is InChI=1S/C20H32N2/c1-20(2,3)22-13-7-10-19(22)18-9-6-5-8-17(18)16-11-14-21(4)15-12-16/h5-6,8-9,16,19H,7,10-15H2,1-4H3. The molecule has 0 N–H and O–H groups in total. The first-order valence-corrected chi connectivity index (χ1v) is 9.01. The molecule has 1 atom stereocenters. The van der Waals surface area contributed by atoms with Gasteiger partial charge in [-0.15, -0.1) is 0 Å². The van der Waals surface area contributed by atoms with Gasteiger partial charge in [0, 0.05) is 11.6 Å². The molecule has 22 heavy (non-hydrogen) atoms. The van der Waals surface area contributed by atoms with Crippen LogP contribution in [-0.4, -0.2) is 42.0 Å². The minimum absolute atomic E-state index is 0.265. The Balaban J connectivity index is 1.88. The summed E-state index contributed by atoms with van der Waals surface area (Å²) in [6, 6.07) is 9.92. The monoisotopic (exact) mass is 300 g/mol. The summed E-state index contributed by atoms with van der Waals surface area (Å²) < 4.78 is 0. The van der Waals surface area contributed by atoms with Crippen molar-refractivity contribution in [3.63, 3.8) is 0 Å². The molecule has 122 valence electrons. The zero-order chi connectivity index (χ0) is 15.7. The van der Waals surface area contributed by atoms with Crippen LogP contribution < -0.4 is 0 Å². The highest BCUT2D eigenvalue weighted by atomic mass is 15.2. The van der Waals surface area contributed by atoms with Crippen LogP contribution in [0.25, 0.3) is 0 Å². The Morgan fingerprint density at radius 2 is 1.55 bits per heavy atom. The average Bonchev–Trinajstić information content (AvgIpc) is 2.97. The van der Waals surface area contributed by atoms with Gasteiger partial charge in [-0.2, -0.15) is 0 Å². The molecule has 2 aliphatic heterocycles. The summed E-state index contributed by atoms with van der Waals surface area (Å²) in [6.45, 7) is 10.8. The third-order valence-electron chi connectivity index (χ3n) is 5.63. The Kier molecular flexibility index (Phi) is 4.61. The van der Waals surface area contributed by atoms with Crippen molar-refractivity contribution < 1.29 is 0 Å². The highest BCUT2D eigenvalue weighted by Crippen LogP contribution is 2.41. The van der Waals surface area contributed by atoms with Crippen LogP contribution in [0.3, 0.4) is 0 Å². The summed E-state index contributed by atoms with van der Waals surface area (Å²) in [5, 5.41) is 0. The van der Waals surface area contributed by atoms with Gasteiger partial charge in [-0.1, -0.05) is 24.3 Å². The van der Waals surface area contributed by atoms with Crippen molar-refractivity contribution in [1.29, 1.82) is 0 Å². The average molecular weight is 300 g/mol. The quantitative estimate of drug-likeness (QED) is 0.797. The van der Waals surface area contributed by atoms with Gasteiger partial charge in [-0.25, -0.2) is 0 Å². The molecule has 0 amide bonds. The number of hydrogen-bond acceptors (Lipinski definition) is 2. The molecular formula is C20H32N2. The van der Waals surface area contributed by atoms with E-state index in [4.69, 9.17) is 0 Å². The summed E-state index contributed by atoms with van der Waals surface area (Å²) in [7, 11) is 2.25. The van der Waals surface area contributed by atoms with Gasteiger partial charge in [-0.05, 0) is 90.2 Å². The van der Waals surface area contributed by atoms with Crippen LogP contribution in [0, 0.1) is 0 Å². The van der Waals surface area contributed by atoms with Gasteiger partial charge in [0.15, 0.2) is 0 Å². The fourth-order valence-electron chi connectivity index (χ4n) is 4.40. The molecule has 0 bridgehead atoms. The Hall–Kier alpha value is -0.860. The first-order valence-electron chi connectivity index (χ1n) is 9.01. The molecule has 0 aromatic heterocycles. The normalized spacial score (nSPS) is 25.7. The van der Waals surface area contributed by atoms with Crippen LogP contribution in [0.4, 0.5) is 0 Å². The Bertz CT molecular complexity index is 495. The molecule has 2 heteroatoms. The van der Waals surface area contributed by atoms with Crippen molar-refractivity contribution in [2.45, 2.75) is 64.0 Å². The van der Waals surface area contributed by atoms with Gasteiger partial charge in [0.25, 0.3) is 0 Å². The summed E-state index contributed by atoms with van der Waals surface area (Å²) in [5.74, 6) is 0.759. The molecule has 2 fully saturated rings. The maximum atomic E-state index is 2.72. The SMILES string of the molecule is CN1CCC(c2ccccc2C2CCCN2C(C)(C)C)CC1. The lowest BCUT2D eigenvalue weighted by molar-refractivity contribution is 0.120. The summed E-state index contributed by atoms with van der Waals surface area (Å²) in [6.07, 6.45) is 5.29. The lowest BCUT2D eigenvalue weighted by Gasteiger charge is -2.39. The van der Waals surface area contributed by atoms with Crippen molar-refractivity contribution in [3.8, 4) is 0 Å². The van der Waals surface area contributed by atoms with Gasteiger partial charge in [-0.3, -0.25) is 4.90 Å². The molecule has 1 unspecified atom stereocenters. The molecular weight excluding hydrogens is 268 g/mol. The zero-order valence-corrected chi connectivity index (χ0v) is 14.8. The van der Waals surface area contributed by atoms with Crippen molar-refractivity contribution in [1.82, 2.24) is 9.80 Å². The molecule has 0 saturated carbocycles. The first-order chi connectivity index (χ1) is 10.5. The second-order valence-corrected chi connectivity index (χ2v) is 8.23. The summed E-state index contributed by atoms with van der Waals surface area (Å²) in [5.41, 5.74) is 3.52. The van der Waals surface area contributed by atoms with E-state index < -0.39 is 0 Å². The molecule has 3 rings (SSSR count). The van der Waals surface area contributed by atoms with Gasteiger partial charge in [0.2, 0.25) is 0 Å². The highest BCUT2D eigenvalue weighted by molar-refractivity contribution is 5.34. The second kappa shape index (κ2) is 6.33. The maximum Gasteiger partial charge on any atom is 0.0356 e. The molecule has 0 radical (unpaired) electrons. The number of benzene rings is 1. The molecule has 2 aliphatic rings. The Labute approximate surface area is 136 Å². The van der Waals surface area contributed by atoms with Gasteiger partial charge in [0.05, 0.1) is 0 Å². The Morgan fingerprint density at radius 3 is 2.18 bits per heavy atom. The van der Waals surface area contributed by atoms with E-state index in [9.17, 15) is 0 Å². The van der Waals surface area contributed by atoms with Crippen molar-refractivity contribution in [2.75, 3.05) is 26.7 Å². The van der Waals surface area contributed by atoms with E-state index >= 15 is 0 Å². The smallest absolute Gasteiger partial charge is 0.0356 e. The van der Waals surface area contributed by atoms with Crippen molar-refractivity contribution in [3.05, 3.63) is 35.4 Å². The van der Waals surface area contributed by atoms with E-state index in [0.717, 1.165) is 5.92 Å². The van der Waals surface area contributed by atoms with E-state index in [1.54, 1.807) is 11.1 Å². The number of rotatable bonds is 2. The van der Waals surface area contributed by atoms with Gasteiger partial charge < -0.3 is 4.90 Å². The summed E-state index contributed by atoms with van der Waals surface area (Å²) in [4.78, 5) is 5.19. The number of piperidine rings is 1. The molecule has 0 aliphatic carbocycles. The van der Waals surface area contributed by atoms with E-state index in [1.165, 1.54) is 45.3 Å². The number of nitrogens with zero attached hydrogens (tertiary/aromatic N) is 2. The molecule has 2 saturated heterocycles. The largest absolute Gasteiger partial charge is 0.306 e. The van der Waals surface area contributed by atoms with E-state index in [1.807, 2.05) is 0 Å². The molecule has 1 aromatic rings. The van der Waals surface area contributed by atoms with Gasteiger partial charge in [0.1, 0.15) is 0 Å². The predicted molar refractivity (Wildman–Crippen MR) is 94.3 cm³/mol. The first kappa shape index (κ1) is 16.0. The minimum atomic E-state index is 0.265. The van der Waals surface area contributed by atoms with Crippen LogP contribution >= 0.6 is 0 Å². The molecule has 0 spiro atoms. The van der Waals surface area contributed by atoms with Gasteiger partial charge >= 0.3 is 0 Å². The van der Waals surface area contributed by atoms with E-state index in [0.29, 0.717) is 6.04 Å². The molecule has 2 nitrogen and oxygen atoms in total. The molecule has 2 heterocycles. The lowest BCUT2D eigenvalue weighted by Crippen LogP contribution is -2.41. The van der Waals surface area contributed by atoms with Crippen molar-refractivity contribution in [2.24, 2.45) is 0 Å². The Morgan fingerprint density at radius 1 is 0.909 bits per heavy atom. The molecule has 1 aromatic carbocycles. The highest BCUT2D eigenvalue weighted by Gasteiger charge is 2.35. The van der Waals surface area contributed by atoms with E-state index in [-0.39, 0.29) is 5.54 Å². The zero-order valence-electron chi connectivity index (χ0n) is 14.8. The van der Waals surface area contributed by atoms with Crippen LogP contribution in [0.15, 0.2) is 24.3 Å². The number of likely N-dealkylation sites (tertiary alicyclic amines) is 2. The van der Waals surface area contributed by atoms with Crippen LogP contribution in [-0.2, 0) is 0 Å². The maximum absolute atomic E-state index is 2.72. The van der Waals surface area contributed by atoms with Crippen LogP contribution in [0.5, 0.6) is 0 Å². The summed E-state index contributed by atoms with van der Waals surface area (Å²) >= 11 is 0. The lowest BCUT2D eigenvalue weighted by atomic mass is 9.83. The third kappa shape index (κ3) is 3.23. The van der Waals surface area contributed by atoms with Crippen LogP contribution in [0.1, 0.15) is 69.5 Å². The second-order valence-electron chi connectivity index (χ2n) is 8.23. The fourth-order valence-corrected chi connectivity index (χ4v) is 4.40. The number of hydrogen-bond donors (Lipinski definition) is 0. The fraction of sp³-hybridized carbons (Fsp3) is 0.700. The third-order valence-corrected chi connectivity index (χ3v) is 5.63. The topological polar surface area (TPSA) is 6.48 Å². The van der Waals surface area contributed by atoms with Crippen LogP contribution in [0.2, 0.25) is 0 Å².